The molecule has 1 aromatic rings. The maximum atomic E-state index is 10.9. The molecule has 0 aromatic carbocycles. The quantitative estimate of drug-likeness (QED) is 0.430. The summed E-state index contributed by atoms with van der Waals surface area (Å²) in [7, 11) is 0. The molecule has 4 N–H and O–H groups in total. The Hall–Kier alpha value is -1.20. The molecule has 0 atom stereocenters. The average Bonchev–Trinajstić information content (AvgIpc) is 2.18. The minimum absolute atomic E-state index is 0.0523. The highest BCUT2D eigenvalue weighted by molar-refractivity contribution is 6.30. The number of aromatic amines is 1. The summed E-state index contributed by atoms with van der Waals surface area (Å²) in [5.74, 6) is -0.355. The highest BCUT2D eigenvalue weighted by Gasteiger charge is 2.11. The van der Waals surface area contributed by atoms with E-state index >= 15 is 0 Å². The number of aromatic nitrogens is 1. The van der Waals surface area contributed by atoms with Crippen molar-refractivity contribution in [2.75, 3.05) is 5.48 Å². The van der Waals surface area contributed by atoms with Crippen LogP contribution in [0, 0.1) is 6.92 Å². The molecule has 0 fully saturated rings. The fraction of sp³-hybridized carbons (Fsp3) is 0.375. The summed E-state index contributed by atoms with van der Waals surface area (Å²) in [5.41, 5.74) is 0.894. The summed E-state index contributed by atoms with van der Waals surface area (Å²) in [6, 6.07) is 0. The van der Waals surface area contributed by atoms with Crippen molar-refractivity contribution < 1.29 is 10.3 Å². The van der Waals surface area contributed by atoms with Gasteiger partial charge in [0.15, 0.2) is 11.4 Å². The number of hydrogen-bond acceptors (Lipinski definition) is 4. The second kappa shape index (κ2) is 5.51. The Morgan fingerprint density at radius 3 is 2.36 bits per heavy atom. The van der Waals surface area contributed by atoms with Gasteiger partial charge in [-0.15, -0.1) is 0 Å². The molecule has 0 saturated heterocycles. The zero-order valence-corrected chi connectivity index (χ0v) is 8.94. The summed E-state index contributed by atoms with van der Waals surface area (Å²) >= 11 is 5.52. The van der Waals surface area contributed by atoms with Crippen LogP contribution in [-0.2, 0) is 0 Å². The molecule has 1 aromatic heterocycles. The third kappa shape index (κ3) is 2.40. The SMILES string of the molecule is CC.Cc1c(Cl)[nH]c(=O)c(NO)c1O. The zero-order valence-electron chi connectivity index (χ0n) is 8.18. The van der Waals surface area contributed by atoms with Crippen molar-refractivity contribution >= 4 is 17.3 Å². The Bertz CT molecular complexity index is 362. The van der Waals surface area contributed by atoms with Crippen LogP contribution in [0.2, 0.25) is 5.15 Å². The average molecular weight is 221 g/mol. The van der Waals surface area contributed by atoms with Crippen LogP contribution in [0.1, 0.15) is 19.4 Å². The first-order chi connectivity index (χ1) is 6.57. The molecule has 0 bridgehead atoms. The number of hydrogen-bond donors (Lipinski definition) is 4. The van der Waals surface area contributed by atoms with Gasteiger partial charge in [-0.2, -0.15) is 0 Å². The molecule has 6 heteroatoms. The van der Waals surface area contributed by atoms with Crippen molar-refractivity contribution in [2.45, 2.75) is 20.8 Å². The van der Waals surface area contributed by atoms with Gasteiger partial charge in [0.1, 0.15) is 5.15 Å². The van der Waals surface area contributed by atoms with Gasteiger partial charge in [0.25, 0.3) is 5.56 Å². The maximum Gasteiger partial charge on any atom is 0.278 e. The van der Waals surface area contributed by atoms with Crippen LogP contribution in [0.25, 0.3) is 0 Å². The van der Waals surface area contributed by atoms with E-state index in [-0.39, 0.29) is 16.6 Å². The van der Waals surface area contributed by atoms with E-state index in [1.165, 1.54) is 6.92 Å². The van der Waals surface area contributed by atoms with Crippen LogP contribution in [0.5, 0.6) is 5.75 Å². The van der Waals surface area contributed by atoms with Crippen molar-refractivity contribution in [3.63, 3.8) is 0 Å². The predicted octanol–water partition coefficient (Wildman–Crippen LogP) is 1.87. The van der Waals surface area contributed by atoms with E-state index in [9.17, 15) is 9.90 Å². The van der Waals surface area contributed by atoms with E-state index in [0.29, 0.717) is 5.56 Å². The van der Waals surface area contributed by atoms with Gasteiger partial charge in [-0.05, 0) is 6.92 Å². The third-order valence-electron chi connectivity index (χ3n) is 1.48. The first-order valence-corrected chi connectivity index (χ1v) is 4.47. The Morgan fingerprint density at radius 2 is 1.93 bits per heavy atom. The number of rotatable bonds is 1. The molecule has 14 heavy (non-hydrogen) atoms. The van der Waals surface area contributed by atoms with E-state index in [0.717, 1.165) is 0 Å². The standard InChI is InChI=1S/C6H7ClN2O3.C2H6/c1-2-4(10)3(9-12)6(11)8-5(2)7;1-2/h9,12H,1H3,(H2,8,10,11);1-2H3. The topological polar surface area (TPSA) is 85.4 Å². The zero-order chi connectivity index (χ0) is 11.3. The second-order valence-corrected chi connectivity index (χ2v) is 2.61. The van der Waals surface area contributed by atoms with E-state index < -0.39 is 5.56 Å². The number of halogens is 1. The summed E-state index contributed by atoms with van der Waals surface area (Å²) in [6.45, 7) is 5.51. The molecule has 1 heterocycles. The molecular weight excluding hydrogens is 208 g/mol. The number of H-pyrrole nitrogens is 1. The van der Waals surface area contributed by atoms with Crippen LogP contribution in [0.15, 0.2) is 4.79 Å². The molecular formula is C8H13ClN2O3. The number of anilines is 1. The van der Waals surface area contributed by atoms with Gasteiger partial charge in [-0.3, -0.25) is 15.5 Å². The van der Waals surface area contributed by atoms with E-state index in [4.69, 9.17) is 16.8 Å². The molecule has 0 aliphatic heterocycles. The summed E-state index contributed by atoms with van der Waals surface area (Å²) in [6.07, 6.45) is 0. The molecule has 0 amide bonds. The van der Waals surface area contributed by atoms with E-state index in [1.54, 1.807) is 5.48 Å². The predicted molar refractivity (Wildman–Crippen MR) is 55.2 cm³/mol. The number of pyridine rings is 1. The first-order valence-electron chi connectivity index (χ1n) is 4.09. The monoisotopic (exact) mass is 220 g/mol. The fourth-order valence-electron chi connectivity index (χ4n) is 0.759. The van der Waals surface area contributed by atoms with Crippen molar-refractivity contribution in [1.82, 2.24) is 4.98 Å². The van der Waals surface area contributed by atoms with Crippen molar-refractivity contribution in [1.29, 1.82) is 0 Å². The lowest BCUT2D eigenvalue weighted by Crippen LogP contribution is -2.13. The Morgan fingerprint density at radius 1 is 1.43 bits per heavy atom. The summed E-state index contributed by atoms with van der Waals surface area (Å²) in [4.78, 5) is 13.1. The lowest BCUT2D eigenvalue weighted by atomic mass is 10.2. The molecule has 0 aliphatic rings. The molecule has 0 spiro atoms. The largest absolute Gasteiger partial charge is 0.505 e. The minimum atomic E-state index is -0.675. The van der Waals surface area contributed by atoms with Gasteiger partial charge in [0, 0.05) is 5.56 Å². The molecule has 0 aliphatic carbocycles. The molecule has 80 valence electrons. The normalized spacial score (nSPS) is 8.93. The second-order valence-electron chi connectivity index (χ2n) is 2.23. The van der Waals surface area contributed by atoms with Crippen LogP contribution >= 0.6 is 11.6 Å². The summed E-state index contributed by atoms with van der Waals surface area (Å²) in [5, 5.41) is 17.7. The first kappa shape index (κ1) is 12.8. The molecule has 0 saturated carbocycles. The molecule has 0 radical (unpaired) electrons. The fourth-order valence-corrected chi connectivity index (χ4v) is 0.934. The maximum absolute atomic E-state index is 10.9. The lowest BCUT2D eigenvalue weighted by Gasteiger charge is -2.05. The smallest absolute Gasteiger partial charge is 0.278 e. The van der Waals surface area contributed by atoms with Gasteiger partial charge in [0.05, 0.1) is 0 Å². The third-order valence-corrected chi connectivity index (χ3v) is 1.86. The Kier molecular flexibility index (Phi) is 5.04. The minimum Gasteiger partial charge on any atom is -0.505 e. The van der Waals surface area contributed by atoms with Crippen molar-refractivity contribution in [2.24, 2.45) is 0 Å². The van der Waals surface area contributed by atoms with Crippen molar-refractivity contribution in [3.8, 4) is 5.75 Å². The Balaban J connectivity index is 0.000000791. The van der Waals surface area contributed by atoms with Gasteiger partial charge in [-0.1, -0.05) is 25.4 Å². The molecule has 1 rings (SSSR count). The van der Waals surface area contributed by atoms with Gasteiger partial charge < -0.3 is 10.1 Å². The van der Waals surface area contributed by atoms with Gasteiger partial charge in [0.2, 0.25) is 0 Å². The van der Waals surface area contributed by atoms with E-state index in [2.05, 4.69) is 4.98 Å². The van der Waals surface area contributed by atoms with Crippen LogP contribution in [0.3, 0.4) is 0 Å². The molecule has 5 nitrogen and oxygen atoms in total. The highest BCUT2D eigenvalue weighted by Crippen LogP contribution is 2.26. The molecule has 0 unspecified atom stereocenters. The van der Waals surface area contributed by atoms with Crippen LogP contribution in [-0.4, -0.2) is 15.3 Å². The Labute approximate surface area is 86.3 Å². The summed E-state index contributed by atoms with van der Waals surface area (Å²) < 4.78 is 0. The number of nitrogens with one attached hydrogen (secondary N) is 2. The number of aromatic hydroxyl groups is 1. The van der Waals surface area contributed by atoms with E-state index in [1.807, 2.05) is 13.8 Å². The highest BCUT2D eigenvalue weighted by atomic mass is 35.5. The van der Waals surface area contributed by atoms with Crippen LogP contribution in [0.4, 0.5) is 5.69 Å². The van der Waals surface area contributed by atoms with Crippen molar-refractivity contribution in [3.05, 3.63) is 21.1 Å². The van der Waals surface area contributed by atoms with Gasteiger partial charge >= 0.3 is 0 Å². The lowest BCUT2D eigenvalue weighted by molar-refractivity contribution is 0.379. The van der Waals surface area contributed by atoms with Crippen LogP contribution < -0.4 is 11.0 Å². The van der Waals surface area contributed by atoms with Gasteiger partial charge in [-0.25, -0.2) is 0 Å².